The smallest absolute Gasteiger partial charge is 0.422 e. The second kappa shape index (κ2) is 11.5. The largest absolute Gasteiger partial charge is 0.497 e. The van der Waals surface area contributed by atoms with Crippen LogP contribution in [0.2, 0.25) is 0 Å². The predicted molar refractivity (Wildman–Crippen MR) is 114 cm³/mol. The summed E-state index contributed by atoms with van der Waals surface area (Å²) in [5, 5.41) is 16.5. The van der Waals surface area contributed by atoms with Crippen LogP contribution in [0.4, 0.5) is 13.2 Å². The molecule has 0 saturated heterocycles. The summed E-state index contributed by atoms with van der Waals surface area (Å²) in [5.74, 6) is 1.27. The highest BCUT2D eigenvalue weighted by atomic mass is 19.4. The molecule has 1 atom stereocenters. The van der Waals surface area contributed by atoms with E-state index in [1.807, 2.05) is 6.92 Å². The normalized spacial score (nSPS) is 12.9. The fourth-order valence-electron chi connectivity index (χ4n) is 2.73. The fourth-order valence-corrected chi connectivity index (χ4v) is 2.73. The molecule has 1 unspecified atom stereocenters. The molecular formula is C22H28F3N3O3. The number of nitrogens with zero attached hydrogens (tertiary/aromatic N) is 1. The van der Waals surface area contributed by atoms with Gasteiger partial charge in [0.2, 0.25) is 0 Å². The van der Waals surface area contributed by atoms with Crippen molar-refractivity contribution in [3.8, 4) is 11.5 Å². The Hall–Kier alpha value is -2.94. The van der Waals surface area contributed by atoms with Crippen LogP contribution in [0.3, 0.4) is 0 Å². The Morgan fingerprint density at radius 1 is 1.13 bits per heavy atom. The molecule has 170 valence electrons. The molecule has 9 heteroatoms. The molecule has 0 spiro atoms. The van der Waals surface area contributed by atoms with Crippen LogP contribution in [-0.2, 0) is 6.54 Å². The predicted octanol–water partition coefficient (Wildman–Crippen LogP) is 3.73. The van der Waals surface area contributed by atoms with Crippen LogP contribution in [0.5, 0.6) is 11.5 Å². The first-order valence-corrected chi connectivity index (χ1v) is 9.85. The topological polar surface area (TPSA) is 75.1 Å². The second-order valence-electron chi connectivity index (χ2n) is 6.88. The summed E-state index contributed by atoms with van der Waals surface area (Å²) in [4.78, 5) is 4.41. The Labute approximate surface area is 180 Å². The molecule has 6 nitrogen and oxygen atoms in total. The first-order valence-electron chi connectivity index (χ1n) is 9.85. The van der Waals surface area contributed by atoms with Crippen LogP contribution in [0.25, 0.3) is 0 Å². The minimum absolute atomic E-state index is 0.113. The number of hydrogen-bond donors (Lipinski definition) is 3. The monoisotopic (exact) mass is 439 g/mol. The van der Waals surface area contributed by atoms with Crippen LogP contribution in [0, 0.1) is 6.92 Å². The van der Waals surface area contributed by atoms with Gasteiger partial charge in [-0.3, -0.25) is 0 Å². The molecule has 2 aromatic carbocycles. The van der Waals surface area contributed by atoms with Gasteiger partial charge in [0.15, 0.2) is 12.6 Å². The maximum absolute atomic E-state index is 12.5. The summed E-state index contributed by atoms with van der Waals surface area (Å²) in [6, 6.07) is 12.1. The van der Waals surface area contributed by atoms with E-state index in [1.54, 1.807) is 56.5 Å². The van der Waals surface area contributed by atoms with Gasteiger partial charge in [0, 0.05) is 18.7 Å². The van der Waals surface area contributed by atoms with Gasteiger partial charge in [0.05, 0.1) is 19.8 Å². The van der Waals surface area contributed by atoms with Gasteiger partial charge in [-0.2, -0.15) is 13.2 Å². The highest BCUT2D eigenvalue weighted by Gasteiger charge is 2.28. The lowest BCUT2D eigenvalue weighted by atomic mass is 10.1. The number of aliphatic hydroxyl groups excluding tert-OH is 1. The van der Waals surface area contributed by atoms with Crippen molar-refractivity contribution in [3.05, 3.63) is 59.2 Å². The highest BCUT2D eigenvalue weighted by molar-refractivity contribution is 5.79. The molecule has 0 aliphatic heterocycles. The van der Waals surface area contributed by atoms with Gasteiger partial charge in [-0.25, -0.2) is 4.99 Å². The molecule has 3 N–H and O–H groups in total. The van der Waals surface area contributed by atoms with Crippen LogP contribution in [0.15, 0.2) is 47.5 Å². The van der Waals surface area contributed by atoms with E-state index < -0.39 is 18.9 Å². The van der Waals surface area contributed by atoms with E-state index in [2.05, 4.69) is 15.6 Å². The first kappa shape index (κ1) is 24.3. The molecule has 0 aromatic heterocycles. The van der Waals surface area contributed by atoms with Crippen molar-refractivity contribution in [1.29, 1.82) is 0 Å². The van der Waals surface area contributed by atoms with Gasteiger partial charge in [-0.05, 0) is 43.2 Å². The van der Waals surface area contributed by atoms with E-state index in [0.29, 0.717) is 29.4 Å². The number of alkyl halides is 3. The van der Waals surface area contributed by atoms with E-state index in [0.717, 1.165) is 5.56 Å². The lowest BCUT2D eigenvalue weighted by molar-refractivity contribution is -0.153. The number of rotatable bonds is 9. The molecule has 0 amide bonds. The number of halogens is 3. The lowest BCUT2D eigenvalue weighted by Gasteiger charge is -2.17. The number of hydrogen-bond acceptors (Lipinski definition) is 4. The first-order chi connectivity index (χ1) is 14.7. The van der Waals surface area contributed by atoms with E-state index >= 15 is 0 Å². The number of nitrogens with one attached hydrogen (secondary N) is 2. The zero-order valence-corrected chi connectivity index (χ0v) is 17.8. The van der Waals surface area contributed by atoms with Crippen LogP contribution >= 0.6 is 0 Å². The third kappa shape index (κ3) is 8.37. The average molecular weight is 439 g/mol. The Morgan fingerprint density at radius 3 is 2.45 bits per heavy atom. The summed E-state index contributed by atoms with van der Waals surface area (Å²) in [7, 11) is 1.57. The molecule has 0 bridgehead atoms. The number of ether oxygens (including phenoxy) is 2. The van der Waals surface area contributed by atoms with E-state index in [-0.39, 0.29) is 18.8 Å². The number of benzene rings is 2. The van der Waals surface area contributed by atoms with Crippen molar-refractivity contribution >= 4 is 5.96 Å². The number of methoxy groups -OCH3 is 1. The Bertz CT molecular complexity index is 855. The summed E-state index contributed by atoms with van der Waals surface area (Å²) >= 11 is 0. The Morgan fingerprint density at radius 2 is 1.84 bits per heavy atom. The Kier molecular flexibility index (Phi) is 8.99. The van der Waals surface area contributed by atoms with E-state index in [1.165, 1.54) is 0 Å². The van der Waals surface area contributed by atoms with Crippen LogP contribution in [-0.4, -0.2) is 44.0 Å². The van der Waals surface area contributed by atoms with Crippen molar-refractivity contribution in [2.45, 2.75) is 32.7 Å². The summed E-state index contributed by atoms with van der Waals surface area (Å²) in [6.07, 6.45) is -5.20. The van der Waals surface area contributed by atoms with E-state index in [9.17, 15) is 18.3 Å². The fraction of sp³-hybridized carbons (Fsp3) is 0.409. The molecule has 31 heavy (non-hydrogen) atoms. The minimum atomic E-state index is -4.42. The molecule has 0 saturated carbocycles. The molecule has 0 aliphatic carbocycles. The van der Waals surface area contributed by atoms with Gasteiger partial charge in [0.1, 0.15) is 11.5 Å². The van der Waals surface area contributed by atoms with Gasteiger partial charge in [-0.1, -0.05) is 24.3 Å². The summed E-state index contributed by atoms with van der Waals surface area (Å²) < 4.78 is 47.7. The number of guanidine groups is 1. The van der Waals surface area contributed by atoms with Crippen molar-refractivity contribution in [2.24, 2.45) is 4.99 Å². The molecular weight excluding hydrogens is 411 g/mol. The van der Waals surface area contributed by atoms with Gasteiger partial charge in [0.25, 0.3) is 0 Å². The van der Waals surface area contributed by atoms with Crippen LogP contribution < -0.4 is 20.1 Å². The standard InChI is InChI=1S/C22H28F3N3O3/c1-4-26-21(28-13-19(29)16-7-9-18(30-3)10-8-16)27-12-17-6-5-15(2)11-20(17)31-14-22(23,24)25/h5-11,19,29H,4,12-14H2,1-3H3,(H2,26,27,28). The van der Waals surface area contributed by atoms with Crippen molar-refractivity contribution in [1.82, 2.24) is 10.6 Å². The lowest BCUT2D eigenvalue weighted by Crippen LogP contribution is -2.39. The number of aliphatic imine (C=N–C) groups is 1. The zero-order chi connectivity index (χ0) is 22.9. The maximum atomic E-state index is 12.5. The summed E-state index contributed by atoms with van der Waals surface area (Å²) in [6.45, 7) is 3.20. The number of aryl methyl sites for hydroxylation is 1. The van der Waals surface area contributed by atoms with Gasteiger partial charge in [-0.15, -0.1) is 0 Å². The maximum Gasteiger partial charge on any atom is 0.422 e. The number of aliphatic hydroxyl groups is 1. The zero-order valence-electron chi connectivity index (χ0n) is 17.8. The van der Waals surface area contributed by atoms with Crippen LogP contribution in [0.1, 0.15) is 29.7 Å². The minimum Gasteiger partial charge on any atom is -0.497 e. The molecule has 2 rings (SSSR count). The molecule has 0 aliphatic rings. The Balaban J connectivity index is 2.04. The third-order valence-corrected chi connectivity index (χ3v) is 4.33. The van der Waals surface area contributed by atoms with Gasteiger partial charge >= 0.3 is 6.18 Å². The SMILES string of the molecule is CCNC(=NCc1ccc(C)cc1OCC(F)(F)F)NCC(O)c1ccc(OC)cc1. The quantitative estimate of drug-likeness (QED) is 0.410. The summed E-state index contributed by atoms with van der Waals surface area (Å²) in [5.41, 5.74) is 2.03. The highest BCUT2D eigenvalue weighted by Crippen LogP contribution is 2.24. The van der Waals surface area contributed by atoms with Crippen molar-refractivity contribution < 1.29 is 27.8 Å². The van der Waals surface area contributed by atoms with Gasteiger partial charge < -0.3 is 25.2 Å². The average Bonchev–Trinajstić information content (AvgIpc) is 2.74. The molecule has 0 heterocycles. The van der Waals surface area contributed by atoms with Crippen molar-refractivity contribution in [2.75, 3.05) is 26.8 Å². The van der Waals surface area contributed by atoms with Crippen molar-refractivity contribution in [3.63, 3.8) is 0 Å². The molecule has 2 aromatic rings. The van der Waals surface area contributed by atoms with E-state index in [4.69, 9.17) is 9.47 Å². The third-order valence-electron chi connectivity index (χ3n) is 4.33. The second-order valence-corrected chi connectivity index (χ2v) is 6.88. The molecule has 0 radical (unpaired) electrons. The molecule has 0 fully saturated rings.